The molecule has 1 amide bonds. The van der Waals surface area contributed by atoms with Gasteiger partial charge in [0.1, 0.15) is 5.54 Å². The summed E-state index contributed by atoms with van der Waals surface area (Å²) in [7, 11) is 0. The highest BCUT2D eigenvalue weighted by Crippen LogP contribution is 2.40. The SMILES string of the molecule is CCCN1CCC(c2ccccc2)CC1(CCC)C(N)=O. The van der Waals surface area contributed by atoms with Gasteiger partial charge in [0.15, 0.2) is 0 Å². The van der Waals surface area contributed by atoms with E-state index < -0.39 is 5.54 Å². The van der Waals surface area contributed by atoms with Crippen LogP contribution in [0, 0.1) is 0 Å². The van der Waals surface area contributed by atoms with Crippen LogP contribution in [-0.4, -0.2) is 29.4 Å². The van der Waals surface area contributed by atoms with Gasteiger partial charge in [0.05, 0.1) is 0 Å². The zero-order valence-electron chi connectivity index (χ0n) is 13.3. The lowest BCUT2D eigenvalue weighted by molar-refractivity contribution is -0.134. The Morgan fingerprint density at radius 2 is 2.00 bits per heavy atom. The van der Waals surface area contributed by atoms with E-state index >= 15 is 0 Å². The molecule has 2 N–H and O–H groups in total. The highest BCUT2D eigenvalue weighted by Gasteiger charge is 2.46. The zero-order chi connectivity index (χ0) is 15.3. The Kier molecular flexibility index (Phi) is 5.40. The first kappa shape index (κ1) is 16.0. The van der Waals surface area contributed by atoms with Crippen molar-refractivity contribution in [1.29, 1.82) is 0 Å². The molecule has 0 bridgehead atoms. The molecular formula is C18H28N2O. The van der Waals surface area contributed by atoms with E-state index in [1.807, 2.05) is 6.07 Å². The molecule has 1 aromatic carbocycles. The van der Waals surface area contributed by atoms with Crippen LogP contribution >= 0.6 is 0 Å². The van der Waals surface area contributed by atoms with Crippen molar-refractivity contribution in [2.75, 3.05) is 13.1 Å². The van der Waals surface area contributed by atoms with E-state index in [0.29, 0.717) is 5.92 Å². The molecule has 3 nitrogen and oxygen atoms in total. The second kappa shape index (κ2) is 7.08. The molecule has 1 saturated heterocycles. The second-order valence-corrected chi connectivity index (χ2v) is 6.23. The maximum Gasteiger partial charge on any atom is 0.237 e. The van der Waals surface area contributed by atoms with Crippen LogP contribution in [0.1, 0.15) is 57.4 Å². The van der Waals surface area contributed by atoms with Crippen LogP contribution < -0.4 is 5.73 Å². The van der Waals surface area contributed by atoms with Gasteiger partial charge in [0, 0.05) is 0 Å². The number of primary amides is 1. The minimum absolute atomic E-state index is 0.140. The van der Waals surface area contributed by atoms with Crippen LogP contribution in [0.4, 0.5) is 0 Å². The molecule has 116 valence electrons. The first-order valence-corrected chi connectivity index (χ1v) is 8.24. The Labute approximate surface area is 128 Å². The summed E-state index contributed by atoms with van der Waals surface area (Å²) in [6, 6.07) is 10.6. The number of likely N-dealkylation sites (tertiary alicyclic amines) is 1. The normalized spacial score (nSPS) is 26.7. The average Bonchev–Trinajstić information content (AvgIpc) is 2.50. The molecule has 1 aliphatic heterocycles. The van der Waals surface area contributed by atoms with E-state index in [4.69, 9.17) is 5.73 Å². The molecule has 0 saturated carbocycles. The monoisotopic (exact) mass is 288 g/mol. The van der Waals surface area contributed by atoms with Crippen LogP contribution in [0.5, 0.6) is 0 Å². The van der Waals surface area contributed by atoms with Gasteiger partial charge in [-0.1, -0.05) is 50.6 Å². The second-order valence-electron chi connectivity index (χ2n) is 6.23. The van der Waals surface area contributed by atoms with Crippen LogP contribution in [-0.2, 0) is 4.79 Å². The van der Waals surface area contributed by atoms with Crippen molar-refractivity contribution in [3.8, 4) is 0 Å². The minimum Gasteiger partial charge on any atom is -0.368 e. The van der Waals surface area contributed by atoms with E-state index in [-0.39, 0.29) is 5.91 Å². The van der Waals surface area contributed by atoms with Gasteiger partial charge in [0.25, 0.3) is 0 Å². The maximum absolute atomic E-state index is 12.3. The lowest BCUT2D eigenvalue weighted by Gasteiger charge is -2.48. The minimum atomic E-state index is -0.455. The number of hydrogen-bond acceptors (Lipinski definition) is 2. The predicted octanol–water partition coefficient (Wildman–Crippen LogP) is 3.30. The summed E-state index contributed by atoms with van der Waals surface area (Å²) in [5.41, 5.74) is 6.76. The third-order valence-corrected chi connectivity index (χ3v) is 4.82. The third-order valence-electron chi connectivity index (χ3n) is 4.82. The molecule has 1 aliphatic rings. The van der Waals surface area contributed by atoms with E-state index in [1.165, 1.54) is 5.56 Å². The number of piperidine rings is 1. The largest absolute Gasteiger partial charge is 0.368 e. The summed E-state index contributed by atoms with van der Waals surface area (Å²) in [5, 5.41) is 0. The number of carbonyl (C=O) groups excluding carboxylic acids is 1. The van der Waals surface area contributed by atoms with Gasteiger partial charge >= 0.3 is 0 Å². The Hall–Kier alpha value is -1.35. The van der Waals surface area contributed by atoms with E-state index in [0.717, 1.165) is 45.2 Å². The van der Waals surface area contributed by atoms with Crippen LogP contribution in [0.15, 0.2) is 30.3 Å². The Bertz CT molecular complexity index is 460. The van der Waals surface area contributed by atoms with Gasteiger partial charge in [-0.15, -0.1) is 0 Å². The molecule has 2 atom stereocenters. The van der Waals surface area contributed by atoms with Gasteiger partial charge in [-0.2, -0.15) is 0 Å². The smallest absolute Gasteiger partial charge is 0.237 e. The molecule has 1 heterocycles. The van der Waals surface area contributed by atoms with Gasteiger partial charge in [-0.05, 0) is 50.3 Å². The van der Waals surface area contributed by atoms with Gasteiger partial charge in [0.2, 0.25) is 5.91 Å². The summed E-state index contributed by atoms with van der Waals surface area (Å²) in [6.45, 7) is 6.24. The molecule has 21 heavy (non-hydrogen) atoms. The Balaban J connectivity index is 2.28. The van der Waals surface area contributed by atoms with E-state index in [1.54, 1.807) is 0 Å². The molecular weight excluding hydrogens is 260 g/mol. The number of rotatable bonds is 6. The quantitative estimate of drug-likeness (QED) is 0.873. The van der Waals surface area contributed by atoms with Gasteiger partial charge in [-0.25, -0.2) is 0 Å². The van der Waals surface area contributed by atoms with Crippen molar-refractivity contribution in [3.63, 3.8) is 0 Å². The highest BCUT2D eigenvalue weighted by atomic mass is 16.1. The summed E-state index contributed by atoms with van der Waals surface area (Å²) >= 11 is 0. The molecule has 2 unspecified atom stereocenters. The number of benzene rings is 1. The predicted molar refractivity (Wildman–Crippen MR) is 87.1 cm³/mol. The molecule has 1 fully saturated rings. The van der Waals surface area contributed by atoms with Crippen molar-refractivity contribution in [2.24, 2.45) is 5.73 Å². The van der Waals surface area contributed by atoms with Crippen LogP contribution in [0.2, 0.25) is 0 Å². The highest BCUT2D eigenvalue weighted by molar-refractivity contribution is 5.85. The Morgan fingerprint density at radius 1 is 1.29 bits per heavy atom. The number of hydrogen-bond donors (Lipinski definition) is 1. The Morgan fingerprint density at radius 3 is 2.57 bits per heavy atom. The van der Waals surface area contributed by atoms with Gasteiger partial charge in [-0.3, -0.25) is 9.69 Å². The summed E-state index contributed by atoms with van der Waals surface area (Å²) in [6.07, 6.45) is 4.90. The fourth-order valence-electron chi connectivity index (χ4n) is 3.82. The standard InChI is InChI=1S/C18H28N2O/c1-3-11-18(17(19)21)14-16(10-13-20(18)12-4-2)15-8-6-5-7-9-15/h5-9,16H,3-4,10-14H2,1-2H3,(H2,19,21). The van der Waals surface area contributed by atoms with Crippen molar-refractivity contribution < 1.29 is 4.79 Å². The topological polar surface area (TPSA) is 46.3 Å². The summed E-state index contributed by atoms with van der Waals surface area (Å²) < 4.78 is 0. The molecule has 0 radical (unpaired) electrons. The third kappa shape index (κ3) is 3.29. The van der Waals surface area contributed by atoms with Crippen molar-refractivity contribution >= 4 is 5.91 Å². The van der Waals surface area contributed by atoms with Crippen LogP contribution in [0.3, 0.4) is 0 Å². The lowest BCUT2D eigenvalue weighted by atomic mass is 9.74. The first-order chi connectivity index (χ1) is 10.1. The molecule has 1 aromatic rings. The van der Waals surface area contributed by atoms with E-state index in [9.17, 15) is 4.79 Å². The van der Waals surface area contributed by atoms with Crippen LogP contribution in [0.25, 0.3) is 0 Å². The van der Waals surface area contributed by atoms with Crippen molar-refractivity contribution in [3.05, 3.63) is 35.9 Å². The number of nitrogens with two attached hydrogens (primary N) is 1. The number of carbonyl (C=O) groups is 1. The molecule has 0 spiro atoms. The van der Waals surface area contributed by atoms with Crippen molar-refractivity contribution in [1.82, 2.24) is 4.90 Å². The van der Waals surface area contributed by atoms with Crippen molar-refractivity contribution in [2.45, 2.75) is 57.4 Å². The molecule has 0 aromatic heterocycles. The maximum atomic E-state index is 12.3. The molecule has 3 heteroatoms. The fourth-order valence-corrected chi connectivity index (χ4v) is 3.82. The number of amides is 1. The summed E-state index contributed by atoms with van der Waals surface area (Å²) in [4.78, 5) is 14.7. The van der Waals surface area contributed by atoms with Gasteiger partial charge < -0.3 is 5.73 Å². The fraction of sp³-hybridized carbons (Fsp3) is 0.611. The zero-order valence-corrected chi connectivity index (χ0v) is 13.3. The van der Waals surface area contributed by atoms with E-state index in [2.05, 4.69) is 43.0 Å². The summed E-state index contributed by atoms with van der Waals surface area (Å²) in [5.74, 6) is 0.303. The average molecular weight is 288 g/mol. The molecule has 2 rings (SSSR count). The number of nitrogens with zero attached hydrogens (tertiary/aromatic N) is 1. The molecule has 0 aliphatic carbocycles. The first-order valence-electron chi connectivity index (χ1n) is 8.24. The lowest BCUT2D eigenvalue weighted by Crippen LogP contribution is -2.61.